The Morgan fingerprint density at radius 1 is 1.38 bits per heavy atom. The number of hydrogen-bond acceptors (Lipinski definition) is 7. The highest BCUT2D eigenvalue weighted by Crippen LogP contribution is 2.38. The van der Waals surface area contributed by atoms with Gasteiger partial charge in [-0.2, -0.15) is 5.10 Å². The molecule has 0 radical (unpaired) electrons. The monoisotopic (exact) mass is 381 g/mol. The van der Waals surface area contributed by atoms with Gasteiger partial charge in [0.2, 0.25) is 5.75 Å². The number of rotatable bonds is 7. The van der Waals surface area contributed by atoms with Gasteiger partial charge in [0.25, 0.3) is 0 Å². The van der Waals surface area contributed by atoms with Crippen molar-refractivity contribution < 1.29 is 23.7 Å². The molecule has 9 heteroatoms. The van der Waals surface area contributed by atoms with Crippen molar-refractivity contribution in [2.45, 2.75) is 25.9 Å². The Morgan fingerprint density at radius 3 is 2.62 bits per heavy atom. The lowest BCUT2D eigenvalue weighted by Gasteiger charge is -2.13. The predicted molar refractivity (Wildman–Crippen MR) is 101 cm³/mol. The van der Waals surface area contributed by atoms with Gasteiger partial charge in [-0.3, -0.25) is 10.2 Å². The standard InChI is InChI=1S/C17H23N3O5S/c1-11(21)25-16-14(22-2)7-12(8-15(16)23-3)9-19-20-17(26)18-10-13-5-4-6-24-13/h7-9,13H,4-6,10H2,1-3H3,(H2,18,20,26)/b19-9-/t13-/m0/s1. The molecule has 1 aliphatic rings. The molecule has 1 heterocycles. The van der Waals surface area contributed by atoms with E-state index in [0.29, 0.717) is 28.7 Å². The number of carbonyl (C=O) groups is 1. The molecular formula is C17H23N3O5S. The van der Waals surface area contributed by atoms with Crippen LogP contribution in [0.25, 0.3) is 0 Å². The van der Waals surface area contributed by atoms with Gasteiger partial charge >= 0.3 is 5.97 Å². The van der Waals surface area contributed by atoms with E-state index in [1.54, 1.807) is 18.3 Å². The van der Waals surface area contributed by atoms with E-state index in [9.17, 15) is 4.79 Å². The van der Waals surface area contributed by atoms with E-state index in [1.807, 2.05) is 0 Å². The molecule has 1 fully saturated rings. The first-order valence-corrected chi connectivity index (χ1v) is 8.57. The van der Waals surface area contributed by atoms with Crippen LogP contribution in [-0.2, 0) is 9.53 Å². The van der Waals surface area contributed by atoms with Crippen molar-refractivity contribution in [1.82, 2.24) is 10.7 Å². The van der Waals surface area contributed by atoms with Crippen LogP contribution in [-0.4, -0.2) is 50.8 Å². The summed E-state index contributed by atoms with van der Waals surface area (Å²) in [4.78, 5) is 11.2. The Kier molecular flexibility index (Phi) is 7.61. The summed E-state index contributed by atoms with van der Waals surface area (Å²) >= 11 is 5.17. The number of esters is 1. The van der Waals surface area contributed by atoms with E-state index in [2.05, 4.69) is 15.8 Å². The molecule has 0 saturated carbocycles. The van der Waals surface area contributed by atoms with Gasteiger partial charge in [0, 0.05) is 25.6 Å². The lowest BCUT2D eigenvalue weighted by molar-refractivity contribution is -0.132. The van der Waals surface area contributed by atoms with Crippen LogP contribution in [0.1, 0.15) is 25.3 Å². The van der Waals surface area contributed by atoms with E-state index < -0.39 is 5.97 Å². The van der Waals surface area contributed by atoms with Crippen molar-refractivity contribution >= 4 is 29.5 Å². The zero-order valence-corrected chi connectivity index (χ0v) is 15.9. The van der Waals surface area contributed by atoms with Crippen LogP contribution in [0.3, 0.4) is 0 Å². The average Bonchev–Trinajstić information content (AvgIpc) is 3.14. The lowest BCUT2D eigenvalue weighted by atomic mass is 10.2. The Bertz CT molecular complexity index is 649. The van der Waals surface area contributed by atoms with Crippen molar-refractivity contribution in [2.75, 3.05) is 27.4 Å². The van der Waals surface area contributed by atoms with Crippen molar-refractivity contribution in [3.05, 3.63) is 17.7 Å². The quantitative estimate of drug-likeness (QED) is 0.242. The minimum Gasteiger partial charge on any atom is -0.493 e. The second-order valence-electron chi connectivity index (χ2n) is 5.56. The van der Waals surface area contributed by atoms with E-state index in [4.69, 9.17) is 31.2 Å². The highest BCUT2D eigenvalue weighted by Gasteiger charge is 2.16. The predicted octanol–water partition coefficient (Wildman–Crippen LogP) is 1.61. The fourth-order valence-electron chi connectivity index (χ4n) is 2.44. The average molecular weight is 381 g/mol. The molecule has 1 aliphatic heterocycles. The largest absolute Gasteiger partial charge is 0.493 e. The first-order chi connectivity index (χ1) is 12.5. The fraction of sp³-hybridized carbons (Fsp3) is 0.471. The van der Waals surface area contributed by atoms with E-state index >= 15 is 0 Å². The van der Waals surface area contributed by atoms with Gasteiger partial charge < -0.3 is 24.3 Å². The van der Waals surface area contributed by atoms with Crippen molar-refractivity contribution in [1.29, 1.82) is 0 Å². The smallest absolute Gasteiger partial charge is 0.308 e. The van der Waals surface area contributed by atoms with Gasteiger partial charge in [-0.25, -0.2) is 0 Å². The van der Waals surface area contributed by atoms with Gasteiger partial charge in [-0.1, -0.05) is 0 Å². The maximum atomic E-state index is 11.2. The molecule has 1 atom stereocenters. The van der Waals surface area contributed by atoms with Crippen LogP contribution in [0, 0.1) is 0 Å². The minimum atomic E-state index is -0.465. The molecule has 8 nitrogen and oxygen atoms in total. The summed E-state index contributed by atoms with van der Waals surface area (Å²) in [5.74, 6) is 0.480. The van der Waals surface area contributed by atoms with Crippen LogP contribution in [0.5, 0.6) is 17.2 Å². The second kappa shape index (κ2) is 9.93. The number of methoxy groups -OCH3 is 2. The first kappa shape index (κ1) is 19.9. The van der Waals surface area contributed by atoms with E-state index in [-0.39, 0.29) is 11.9 Å². The number of hydrogen-bond donors (Lipinski definition) is 2. The number of ether oxygens (including phenoxy) is 4. The zero-order valence-electron chi connectivity index (χ0n) is 15.0. The number of carbonyl (C=O) groups excluding carboxylic acids is 1. The minimum absolute atomic E-state index is 0.195. The maximum absolute atomic E-state index is 11.2. The zero-order chi connectivity index (χ0) is 18.9. The summed E-state index contributed by atoms with van der Waals surface area (Å²) in [6.45, 7) is 2.76. The summed E-state index contributed by atoms with van der Waals surface area (Å²) in [6.07, 6.45) is 3.87. The number of nitrogens with zero attached hydrogens (tertiary/aromatic N) is 1. The molecular weight excluding hydrogens is 358 g/mol. The normalized spacial score (nSPS) is 16.3. The summed E-state index contributed by atoms with van der Waals surface area (Å²) in [5, 5.41) is 7.56. The van der Waals surface area contributed by atoms with Crippen LogP contribution in [0.2, 0.25) is 0 Å². The molecule has 2 rings (SSSR count). The van der Waals surface area contributed by atoms with E-state index in [0.717, 1.165) is 19.4 Å². The molecule has 0 amide bonds. The van der Waals surface area contributed by atoms with E-state index in [1.165, 1.54) is 21.1 Å². The molecule has 1 aromatic rings. The van der Waals surface area contributed by atoms with Crippen molar-refractivity contribution in [2.24, 2.45) is 5.10 Å². The molecule has 142 valence electrons. The molecule has 0 unspecified atom stereocenters. The second-order valence-corrected chi connectivity index (χ2v) is 5.97. The molecule has 2 N–H and O–H groups in total. The van der Waals surface area contributed by atoms with Gasteiger partial charge in [-0.05, 0) is 37.2 Å². The van der Waals surface area contributed by atoms with Gasteiger partial charge in [0.15, 0.2) is 16.6 Å². The molecule has 0 bridgehead atoms. The number of benzene rings is 1. The Balaban J connectivity index is 1.97. The Morgan fingerprint density at radius 2 is 2.08 bits per heavy atom. The fourth-order valence-corrected chi connectivity index (χ4v) is 2.57. The van der Waals surface area contributed by atoms with Crippen LogP contribution in [0.4, 0.5) is 0 Å². The molecule has 0 aromatic heterocycles. The van der Waals surface area contributed by atoms with Crippen LogP contribution >= 0.6 is 12.2 Å². The number of nitrogens with one attached hydrogen (secondary N) is 2. The topological polar surface area (TPSA) is 90.4 Å². The lowest BCUT2D eigenvalue weighted by Crippen LogP contribution is -2.37. The summed E-state index contributed by atoms with van der Waals surface area (Å²) in [5.41, 5.74) is 3.43. The van der Waals surface area contributed by atoms with Gasteiger partial charge in [0.05, 0.1) is 26.5 Å². The van der Waals surface area contributed by atoms with Crippen molar-refractivity contribution in [3.63, 3.8) is 0 Å². The van der Waals surface area contributed by atoms with Gasteiger partial charge in [0.1, 0.15) is 0 Å². The van der Waals surface area contributed by atoms with Crippen LogP contribution < -0.4 is 25.0 Å². The molecule has 1 saturated heterocycles. The molecule has 26 heavy (non-hydrogen) atoms. The highest BCUT2D eigenvalue weighted by molar-refractivity contribution is 7.80. The Labute approximate surface area is 157 Å². The first-order valence-electron chi connectivity index (χ1n) is 8.16. The third-order valence-corrected chi connectivity index (χ3v) is 3.86. The SMILES string of the molecule is COc1cc(/C=N\NC(=S)NC[C@@H]2CCCO2)cc(OC)c1OC(C)=O. The van der Waals surface area contributed by atoms with Crippen molar-refractivity contribution in [3.8, 4) is 17.2 Å². The number of hydrazone groups is 1. The Hall–Kier alpha value is -2.39. The maximum Gasteiger partial charge on any atom is 0.308 e. The molecule has 0 aliphatic carbocycles. The molecule has 1 aromatic carbocycles. The third kappa shape index (κ3) is 5.85. The number of thiocarbonyl (C=S) groups is 1. The third-order valence-electron chi connectivity index (χ3n) is 3.62. The highest BCUT2D eigenvalue weighted by atomic mass is 32.1. The molecule has 0 spiro atoms. The summed E-state index contributed by atoms with van der Waals surface area (Å²) in [7, 11) is 2.95. The summed E-state index contributed by atoms with van der Waals surface area (Å²) in [6, 6.07) is 3.35. The van der Waals surface area contributed by atoms with Gasteiger partial charge in [-0.15, -0.1) is 0 Å². The summed E-state index contributed by atoms with van der Waals surface area (Å²) < 4.78 is 21.2. The van der Waals surface area contributed by atoms with Crippen LogP contribution in [0.15, 0.2) is 17.2 Å².